The smallest absolute Gasteiger partial charge is 0.313 e. The standard InChI is InChI=1S/C12H18N2O3S/c1-8(9-3-4-9)14-11(18-7-12(15)16)5-10(13-14)6-17-2/h5,8-9H,3-4,6-7H2,1-2H3,(H,15,16). The molecular formula is C12H18N2O3S. The van der Waals surface area contributed by atoms with Crippen molar-refractivity contribution in [3.05, 3.63) is 11.8 Å². The topological polar surface area (TPSA) is 64.3 Å². The van der Waals surface area contributed by atoms with Crippen molar-refractivity contribution in [2.24, 2.45) is 5.92 Å². The van der Waals surface area contributed by atoms with E-state index in [4.69, 9.17) is 9.84 Å². The van der Waals surface area contributed by atoms with Crippen LogP contribution in [-0.4, -0.2) is 33.7 Å². The van der Waals surface area contributed by atoms with E-state index >= 15 is 0 Å². The molecule has 0 amide bonds. The first kappa shape index (κ1) is 13.4. The van der Waals surface area contributed by atoms with E-state index in [2.05, 4.69) is 12.0 Å². The molecule has 0 bridgehead atoms. The van der Waals surface area contributed by atoms with Crippen LogP contribution in [0.5, 0.6) is 0 Å². The van der Waals surface area contributed by atoms with Gasteiger partial charge in [0.15, 0.2) is 0 Å². The molecule has 1 saturated carbocycles. The summed E-state index contributed by atoms with van der Waals surface area (Å²) in [5.41, 5.74) is 0.859. The molecule has 2 rings (SSSR count). The maximum atomic E-state index is 10.7. The van der Waals surface area contributed by atoms with Crippen LogP contribution in [0, 0.1) is 5.92 Å². The van der Waals surface area contributed by atoms with Gasteiger partial charge in [-0.1, -0.05) is 11.8 Å². The number of aliphatic carboxylic acids is 1. The molecule has 1 heterocycles. The first-order valence-corrected chi connectivity index (χ1v) is 7.02. The minimum atomic E-state index is -0.805. The second-order valence-corrected chi connectivity index (χ2v) is 5.61. The van der Waals surface area contributed by atoms with E-state index in [9.17, 15) is 4.79 Å². The molecule has 1 N–H and O–H groups in total. The molecule has 1 aliphatic rings. The molecule has 1 aromatic heterocycles. The molecule has 100 valence electrons. The summed E-state index contributed by atoms with van der Waals surface area (Å²) in [5, 5.41) is 14.2. The van der Waals surface area contributed by atoms with Gasteiger partial charge in [-0.2, -0.15) is 5.10 Å². The molecular weight excluding hydrogens is 252 g/mol. The van der Waals surface area contributed by atoms with Crippen LogP contribution in [0.25, 0.3) is 0 Å². The molecule has 1 atom stereocenters. The van der Waals surface area contributed by atoms with Gasteiger partial charge < -0.3 is 9.84 Å². The predicted octanol–water partition coefficient (Wildman–Crippen LogP) is 2.18. The Hall–Kier alpha value is -1.01. The third kappa shape index (κ3) is 3.26. The summed E-state index contributed by atoms with van der Waals surface area (Å²) in [7, 11) is 1.63. The molecule has 0 aliphatic heterocycles. The maximum Gasteiger partial charge on any atom is 0.313 e. The Balaban J connectivity index is 2.14. The van der Waals surface area contributed by atoms with Gasteiger partial charge in [0.2, 0.25) is 0 Å². The van der Waals surface area contributed by atoms with Gasteiger partial charge in [0.05, 0.1) is 29.1 Å². The Kier molecular flexibility index (Phi) is 4.29. The number of carboxylic acid groups (broad SMARTS) is 1. The zero-order valence-electron chi connectivity index (χ0n) is 10.6. The third-order valence-electron chi connectivity index (χ3n) is 3.08. The molecule has 1 fully saturated rings. The fourth-order valence-corrected chi connectivity index (χ4v) is 2.79. The molecule has 1 aromatic rings. The summed E-state index contributed by atoms with van der Waals surface area (Å²) in [5.74, 6) is -0.0558. The zero-order valence-corrected chi connectivity index (χ0v) is 11.4. The van der Waals surface area contributed by atoms with E-state index in [-0.39, 0.29) is 5.75 Å². The Bertz CT molecular complexity index is 429. The van der Waals surface area contributed by atoms with Gasteiger partial charge in [0.1, 0.15) is 0 Å². The Morgan fingerprint density at radius 3 is 3.00 bits per heavy atom. The lowest BCUT2D eigenvalue weighted by atomic mass is 10.2. The number of aromatic nitrogens is 2. The number of nitrogens with zero attached hydrogens (tertiary/aromatic N) is 2. The Morgan fingerprint density at radius 2 is 2.44 bits per heavy atom. The average molecular weight is 270 g/mol. The zero-order chi connectivity index (χ0) is 13.1. The molecule has 0 aromatic carbocycles. The first-order chi connectivity index (χ1) is 8.61. The molecule has 0 radical (unpaired) electrons. The van der Waals surface area contributed by atoms with Crippen molar-refractivity contribution in [1.29, 1.82) is 0 Å². The Morgan fingerprint density at radius 1 is 1.72 bits per heavy atom. The molecule has 6 heteroatoms. The van der Waals surface area contributed by atoms with Gasteiger partial charge in [0.25, 0.3) is 0 Å². The second kappa shape index (κ2) is 5.75. The molecule has 0 spiro atoms. The van der Waals surface area contributed by atoms with Crippen LogP contribution in [0.15, 0.2) is 11.1 Å². The van der Waals surface area contributed by atoms with Gasteiger partial charge in [-0.25, -0.2) is 0 Å². The lowest BCUT2D eigenvalue weighted by Gasteiger charge is -2.13. The average Bonchev–Trinajstić information content (AvgIpc) is 3.08. The summed E-state index contributed by atoms with van der Waals surface area (Å²) in [6.07, 6.45) is 2.48. The van der Waals surface area contributed by atoms with Crippen molar-refractivity contribution in [3.8, 4) is 0 Å². The number of rotatable bonds is 7. The van der Waals surface area contributed by atoms with Crippen molar-refractivity contribution >= 4 is 17.7 Å². The number of carboxylic acids is 1. The number of methoxy groups -OCH3 is 1. The van der Waals surface area contributed by atoms with Crippen LogP contribution in [0.1, 0.15) is 31.5 Å². The van der Waals surface area contributed by atoms with Gasteiger partial charge >= 0.3 is 5.97 Å². The van der Waals surface area contributed by atoms with Crippen molar-refractivity contribution in [1.82, 2.24) is 9.78 Å². The summed E-state index contributed by atoms with van der Waals surface area (Å²) in [6.45, 7) is 2.61. The fraction of sp³-hybridized carbons (Fsp3) is 0.667. The summed E-state index contributed by atoms with van der Waals surface area (Å²) < 4.78 is 7.03. The van der Waals surface area contributed by atoms with Crippen LogP contribution < -0.4 is 0 Å². The highest BCUT2D eigenvalue weighted by atomic mass is 32.2. The van der Waals surface area contributed by atoms with Crippen LogP contribution >= 0.6 is 11.8 Å². The van der Waals surface area contributed by atoms with Gasteiger partial charge in [0, 0.05) is 7.11 Å². The summed E-state index contributed by atoms with van der Waals surface area (Å²) >= 11 is 1.32. The second-order valence-electron chi connectivity index (χ2n) is 4.61. The van der Waals surface area contributed by atoms with E-state index in [0.29, 0.717) is 18.6 Å². The van der Waals surface area contributed by atoms with Crippen molar-refractivity contribution in [2.75, 3.05) is 12.9 Å². The number of ether oxygens (including phenoxy) is 1. The minimum absolute atomic E-state index is 0.0650. The van der Waals surface area contributed by atoms with E-state index in [1.165, 1.54) is 24.6 Å². The summed E-state index contributed by atoms with van der Waals surface area (Å²) in [6, 6.07) is 2.27. The highest BCUT2D eigenvalue weighted by molar-refractivity contribution is 7.99. The van der Waals surface area contributed by atoms with E-state index < -0.39 is 5.97 Å². The highest BCUT2D eigenvalue weighted by Crippen LogP contribution is 2.40. The van der Waals surface area contributed by atoms with Crippen molar-refractivity contribution in [3.63, 3.8) is 0 Å². The van der Waals surface area contributed by atoms with Crippen LogP contribution in [0.3, 0.4) is 0 Å². The number of hydrogen-bond donors (Lipinski definition) is 1. The minimum Gasteiger partial charge on any atom is -0.481 e. The number of hydrogen-bond acceptors (Lipinski definition) is 4. The number of carbonyl (C=O) groups is 1. The highest BCUT2D eigenvalue weighted by Gasteiger charge is 2.31. The van der Waals surface area contributed by atoms with Crippen LogP contribution in [-0.2, 0) is 16.1 Å². The lowest BCUT2D eigenvalue weighted by molar-refractivity contribution is -0.133. The first-order valence-electron chi connectivity index (χ1n) is 6.03. The molecule has 1 unspecified atom stereocenters. The normalized spacial score (nSPS) is 16.8. The maximum absolute atomic E-state index is 10.7. The quantitative estimate of drug-likeness (QED) is 0.769. The van der Waals surface area contributed by atoms with Crippen molar-refractivity contribution < 1.29 is 14.6 Å². The molecule has 0 saturated heterocycles. The van der Waals surface area contributed by atoms with E-state index in [0.717, 1.165) is 10.7 Å². The number of thioether (sulfide) groups is 1. The third-order valence-corrected chi connectivity index (χ3v) is 4.07. The van der Waals surface area contributed by atoms with Gasteiger partial charge in [-0.3, -0.25) is 9.48 Å². The predicted molar refractivity (Wildman–Crippen MR) is 68.7 cm³/mol. The van der Waals surface area contributed by atoms with E-state index in [1.54, 1.807) is 7.11 Å². The van der Waals surface area contributed by atoms with Crippen LogP contribution in [0.4, 0.5) is 0 Å². The largest absolute Gasteiger partial charge is 0.481 e. The monoisotopic (exact) mass is 270 g/mol. The fourth-order valence-electron chi connectivity index (χ4n) is 1.96. The van der Waals surface area contributed by atoms with Crippen molar-refractivity contribution in [2.45, 2.75) is 37.4 Å². The summed E-state index contributed by atoms with van der Waals surface area (Å²) in [4.78, 5) is 10.7. The molecule has 5 nitrogen and oxygen atoms in total. The SMILES string of the molecule is COCc1cc(SCC(=O)O)n(C(C)C2CC2)n1. The molecule has 1 aliphatic carbocycles. The van der Waals surface area contributed by atoms with Gasteiger partial charge in [-0.05, 0) is 31.7 Å². The van der Waals surface area contributed by atoms with E-state index in [1.807, 2.05) is 10.7 Å². The lowest BCUT2D eigenvalue weighted by Crippen LogP contribution is -2.11. The van der Waals surface area contributed by atoms with Gasteiger partial charge in [-0.15, -0.1) is 0 Å². The van der Waals surface area contributed by atoms with Crippen LogP contribution in [0.2, 0.25) is 0 Å². The Labute approximate surface area is 111 Å². The molecule has 18 heavy (non-hydrogen) atoms.